The fourth-order valence-corrected chi connectivity index (χ4v) is 4.78. The molecular weight excluding hydrogens is 440 g/mol. The van der Waals surface area contributed by atoms with Crippen LogP contribution in [-0.4, -0.2) is 65.4 Å². The van der Waals surface area contributed by atoms with Gasteiger partial charge in [-0.1, -0.05) is 30.0 Å². The summed E-state index contributed by atoms with van der Waals surface area (Å²) in [6.45, 7) is 4.89. The van der Waals surface area contributed by atoms with Crippen molar-refractivity contribution in [3.05, 3.63) is 30.3 Å². The van der Waals surface area contributed by atoms with Crippen molar-refractivity contribution in [1.29, 1.82) is 0 Å². The van der Waals surface area contributed by atoms with Crippen LogP contribution in [0.25, 0.3) is 0 Å². The first-order chi connectivity index (χ1) is 15.2. The molecule has 0 aliphatic carbocycles. The number of anilines is 1. The van der Waals surface area contributed by atoms with E-state index in [2.05, 4.69) is 4.99 Å². The molecule has 11 heteroatoms. The number of hydrogen-bond acceptors (Lipinski definition) is 10. The van der Waals surface area contributed by atoms with Crippen LogP contribution in [0.1, 0.15) is 27.7 Å². The lowest BCUT2D eigenvalue weighted by molar-refractivity contribution is -0.208. The van der Waals surface area contributed by atoms with Crippen LogP contribution in [0.5, 0.6) is 0 Å². The van der Waals surface area contributed by atoms with Crippen LogP contribution in [0.2, 0.25) is 0 Å². The molecule has 5 atom stereocenters. The summed E-state index contributed by atoms with van der Waals surface area (Å²) in [5.41, 5.74) is -0.0470. The Morgan fingerprint density at radius 3 is 2.16 bits per heavy atom. The second kappa shape index (κ2) is 10.1. The number of para-hydroxylation sites is 1. The van der Waals surface area contributed by atoms with Crippen LogP contribution in [-0.2, 0) is 38.1 Å². The second-order valence-corrected chi connectivity index (χ2v) is 8.27. The molecule has 0 radical (unpaired) electrons. The van der Waals surface area contributed by atoms with Gasteiger partial charge in [-0.05, 0) is 12.1 Å². The van der Waals surface area contributed by atoms with Crippen molar-refractivity contribution >= 4 is 46.4 Å². The number of ether oxygens (including phenoxy) is 4. The number of amides is 1. The Kier molecular flexibility index (Phi) is 7.52. The van der Waals surface area contributed by atoms with Gasteiger partial charge in [-0.3, -0.25) is 29.1 Å². The summed E-state index contributed by atoms with van der Waals surface area (Å²) in [7, 11) is 0. The van der Waals surface area contributed by atoms with Crippen LogP contribution >= 0.6 is 11.8 Å². The Hall–Kier alpha value is -2.92. The average molecular weight is 464 g/mol. The highest BCUT2D eigenvalue weighted by Crippen LogP contribution is 2.40. The minimum atomic E-state index is -1.05. The number of rotatable bonds is 5. The number of nitrogens with zero attached hydrogens (tertiary/aromatic N) is 2. The standard InChI is InChI=1S/C21H24N2O8S/c1-11(24)23(15-8-6-5-7-9-15)21-22-17-19(30-14(4)27)18(29-13(3)26)16(10-28-12(2)25)31-20(17)32-21/h5-9,16-20H,10H2,1-4H3/t16-,17?,18-,19-,20?/m1/s1. The first-order valence-electron chi connectivity index (χ1n) is 9.91. The van der Waals surface area contributed by atoms with Crippen molar-refractivity contribution in [3.8, 4) is 0 Å². The lowest BCUT2D eigenvalue weighted by atomic mass is 9.98. The molecule has 172 valence electrons. The normalized spacial score (nSPS) is 26.4. The number of benzene rings is 1. The Morgan fingerprint density at radius 2 is 1.59 bits per heavy atom. The Balaban J connectivity index is 1.96. The molecule has 0 N–H and O–H groups in total. The summed E-state index contributed by atoms with van der Waals surface area (Å²) in [6, 6.07) is 8.20. The maximum absolute atomic E-state index is 12.4. The molecule has 1 aromatic rings. The lowest BCUT2D eigenvalue weighted by Gasteiger charge is -2.41. The zero-order chi connectivity index (χ0) is 23.4. The van der Waals surface area contributed by atoms with Gasteiger partial charge >= 0.3 is 17.9 Å². The lowest BCUT2D eigenvalue weighted by Crippen LogP contribution is -2.59. The second-order valence-electron chi connectivity index (χ2n) is 7.20. The molecule has 1 amide bonds. The maximum Gasteiger partial charge on any atom is 0.303 e. The number of hydrogen-bond donors (Lipinski definition) is 0. The molecule has 2 unspecified atom stereocenters. The molecule has 1 aromatic carbocycles. The van der Waals surface area contributed by atoms with E-state index in [1.54, 1.807) is 24.3 Å². The first kappa shape index (κ1) is 23.7. The van der Waals surface area contributed by atoms with Gasteiger partial charge < -0.3 is 18.9 Å². The molecule has 2 heterocycles. The molecular formula is C21H24N2O8S. The molecule has 2 aliphatic heterocycles. The minimum Gasteiger partial charge on any atom is -0.463 e. The summed E-state index contributed by atoms with van der Waals surface area (Å²) < 4.78 is 22.0. The molecule has 0 spiro atoms. The van der Waals surface area contributed by atoms with Crippen LogP contribution in [0, 0.1) is 0 Å². The number of amidine groups is 1. The predicted octanol–water partition coefficient (Wildman–Crippen LogP) is 1.66. The first-order valence-corrected chi connectivity index (χ1v) is 10.8. The highest BCUT2D eigenvalue weighted by molar-refractivity contribution is 8.15. The number of thioether (sulfide) groups is 1. The van der Waals surface area contributed by atoms with E-state index in [-0.39, 0.29) is 12.5 Å². The Morgan fingerprint density at radius 1 is 0.969 bits per heavy atom. The van der Waals surface area contributed by atoms with E-state index in [0.717, 1.165) is 0 Å². The van der Waals surface area contributed by atoms with Crippen molar-refractivity contribution in [3.63, 3.8) is 0 Å². The summed E-state index contributed by atoms with van der Waals surface area (Å²) in [5, 5.41) is 0.352. The topological polar surface area (TPSA) is 121 Å². The van der Waals surface area contributed by atoms with Gasteiger partial charge in [0.25, 0.3) is 0 Å². The molecule has 10 nitrogen and oxygen atoms in total. The van der Waals surface area contributed by atoms with Crippen molar-refractivity contribution in [2.75, 3.05) is 11.5 Å². The predicted molar refractivity (Wildman–Crippen MR) is 115 cm³/mol. The van der Waals surface area contributed by atoms with Crippen LogP contribution < -0.4 is 4.90 Å². The summed E-state index contributed by atoms with van der Waals surface area (Å²) in [6.07, 6.45) is -2.94. The molecule has 0 bridgehead atoms. The van der Waals surface area contributed by atoms with Gasteiger partial charge in [-0.2, -0.15) is 0 Å². The van der Waals surface area contributed by atoms with E-state index in [1.165, 1.54) is 44.4 Å². The third-order valence-electron chi connectivity index (χ3n) is 4.67. The largest absolute Gasteiger partial charge is 0.463 e. The summed E-state index contributed by atoms with van der Waals surface area (Å²) >= 11 is 1.18. The van der Waals surface area contributed by atoms with E-state index in [9.17, 15) is 19.2 Å². The van der Waals surface area contributed by atoms with Crippen LogP contribution in [0.15, 0.2) is 35.3 Å². The molecule has 0 aromatic heterocycles. The minimum absolute atomic E-state index is 0.209. The highest BCUT2D eigenvalue weighted by atomic mass is 32.2. The van der Waals surface area contributed by atoms with Crippen molar-refractivity contribution in [2.24, 2.45) is 4.99 Å². The molecule has 3 rings (SSSR count). The van der Waals surface area contributed by atoms with Gasteiger partial charge in [0, 0.05) is 27.7 Å². The summed E-state index contributed by atoms with van der Waals surface area (Å²) in [4.78, 5) is 53.4. The van der Waals surface area contributed by atoms with Gasteiger partial charge in [0.2, 0.25) is 5.91 Å². The molecule has 32 heavy (non-hydrogen) atoms. The number of esters is 3. The van der Waals surface area contributed by atoms with Crippen LogP contribution in [0.3, 0.4) is 0 Å². The smallest absolute Gasteiger partial charge is 0.303 e. The number of carbonyl (C=O) groups is 4. The third-order valence-corrected chi connectivity index (χ3v) is 5.79. The van der Waals surface area contributed by atoms with Crippen molar-refractivity contribution in [2.45, 2.75) is 57.5 Å². The van der Waals surface area contributed by atoms with Gasteiger partial charge in [0.15, 0.2) is 17.4 Å². The molecule has 2 aliphatic rings. The Labute approximate surface area is 189 Å². The number of carbonyl (C=O) groups excluding carboxylic acids is 4. The van der Waals surface area contributed by atoms with Crippen LogP contribution in [0.4, 0.5) is 5.69 Å². The van der Waals surface area contributed by atoms with E-state index in [1.807, 2.05) is 6.07 Å². The molecule has 1 fully saturated rings. The monoisotopic (exact) mass is 464 g/mol. The number of aliphatic imine (C=N–C) groups is 1. The fourth-order valence-electron chi connectivity index (χ4n) is 3.50. The fraction of sp³-hybridized carbons (Fsp3) is 0.476. The van der Waals surface area contributed by atoms with E-state index < -0.39 is 47.7 Å². The van der Waals surface area contributed by atoms with Gasteiger partial charge in [0.05, 0.1) is 5.69 Å². The molecule has 1 saturated heterocycles. The highest BCUT2D eigenvalue weighted by Gasteiger charge is 2.54. The Bertz CT molecular complexity index is 922. The quantitative estimate of drug-likeness (QED) is 0.473. The van der Waals surface area contributed by atoms with Gasteiger partial charge in [-0.15, -0.1) is 0 Å². The van der Waals surface area contributed by atoms with Gasteiger partial charge in [0.1, 0.15) is 24.2 Å². The summed E-state index contributed by atoms with van der Waals surface area (Å²) in [5.74, 6) is -2.02. The van der Waals surface area contributed by atoms with E-state index in [0.29, 0.717) is 10.9 Å². The average Bonchev–Trinajstić information content (AvgIpc) is 3.11. The molecule has 0 saturated carbocycles. The van der Waals surface area contributed by atoms with E-state index >= 15 is 0 Å². The van der Waals surface area contributed by atoms with Crippen molar-refractivity contribution in [1.82, 2.24) is 0 Å². The maximum atomic E-state index is 12.4. The SMILES string of the molecule is CC(=O)OC[C@H]1OC2SC(N(C(C)=O)c3ccccc3)=NC2[C@@H](OC(C)=O)[C@@H]1OC(C)=O. The van der Waals surface area contributed by atoms with E-state index in [4.69, 9.17) is 18.9 Å². The third kappa shape index (κ3) is 5.46. The zero-order valence-electron chi connectivity index (χ0n) is 18.0. The zero-order valence-corrected chi connectivity index (χ0v) is 18.9. The van der Waals surface area contributed by atoms with Crippen molar-refractivity contribution < 1.29 is 38.1 Å². The number of fused-ring (bicyclic) bond motifs is 1. The van der Waals surface area contributed by atoms with Gasteiger partial charge in [-0.25, -0.2) is 0 Å².